The van der Waals surface area contributed by atoms with Crippen LogP contribution in [0.2, 0.25) is 0 Å². The van der Waals surface area contributed by atoms with Crippen LogP contribution in [0.15, 0.2) is 23.8 Å². The highest BCUT2D eigenvalue weighted by molar-refractivity contribution is 7.10. The standard InChI is InChI=1S/C13H13N3O2S/c1-9(11-6-14-15-7-11)16-13(18)10-5-12(19-8-10)3-2-4-17/h5-9,17H,4H2,1H3,(H,14,15)(H,16,18). The molecule has 1 unspecified atom stereocenters. The summed E-state index contributed by atoms with van der Waals surface area (Å²) in [4.78, 5) is 12.8. The number of aliphatic hydroxyl groups excluding tert-OH is 1. The molecule has 1 atom stereocenters. The number of nitrogens with zero attached hydrogens (tertiary/aromatic N) is 1. The lowest BCUT2D eigenvalue weighted by molar-refractivity contribution is 0.0940. The van der Waals surface area contributed by atoms with E-state index in [1.165, 1.54) is 11.3 Å². The number of aromatic nitrogens is 2. The van der Waals surface area contributed by atoms with Gasteiger partial charge in [0.15, 0.2) is 0 Å². The highest BCUT2D eigenvalue weighted by Gasteiger charge is 2.13. The lowest BCUT2D eigenvalue weighted by Crippen LogP contribution is -2.25. The molecule has 0 radical (unpaired) electrons. The first-order valence-corrected chi connectivity index (χ1v) is 6.56. The number of thiophene rings is 1. The number of aliphatic hydroxyl groups is 1. The van der Waals surface area contributed by atoms with E-state index in [2.05, 4.69) is 27.4 Å². The van der Waals surface area contributed by atoms with Crippen molar-refractivity contribution in [3.8, 4) is 11.8 Å². The fourth-order valence-electron chi connectivity index (χ4n) is 1.51. The molecular formula is C13H13N3O2S. The molecule has 0 spiro atoms. The van der Waals surface area contributed by atoms with E-state index in [4.69, 9.17) is 5.11 Å². The van der Waals surface area contributed by atoms with Crippen LogP contribution in [0.5, 0.6) is 0 Å². The molecule has 0 saturated carbocycles. The third-order valence-corrected chi connectivity index (χ3v) is 3.36. The summed E-state index contributed by atoms with van der Waals surface area (Å²) in [6.07, 6.45) is 3.42. The predicted octanol–water partition coefficient (Wildman–Crippen LogP) is 1.31. The van der Waals surface area contributed by atoms with Gasteiger partial charge in [0, 0.05) is 17.1 Å². The van der Waals surface area contributed by atoms with E-state index in [1.54, 1.807) is 23.8 Å². The molecule has 2 aromatic heterocycles. The number of nitrogens with one attached hydrogen (secondary N) is 2. The second-order valence-corrected chi connectivity index (χ2v) is 4.80. The molecule has 6 heteroatoms. The highest BCUT2D eigenvalue weighted by atomic mass is 32.1. The molecule has 0 fully saturated rings. The zero-order valence-electron chi connectivity index (χ0n) is 10.3. The van der Waals surface area contributed by atoms with Crippen LogP contribution in [0.3, 0.4) is 0 Å². The Morgan fingerprint density at radius 2 is 2.53 bits per heavy atom. The second kappa shape index (κ2) is 6.18. The molecule has 19 heavy (non-hydrogen) atoms. The van der Waals surface area contributed by atoms with Crippen LogP contribution in [0.25, 0.3) is 0 Å². The summed E-state index contributed by atoms with van der Waals surface area (Å²) in [5.41, 5.74) is 1.49. The summed E-state index contributed by atoms with van der Waals surface area (Å²) in [7, 11) is 0. The molecule has 0 aromatic carbocycles. The molecular weight excluding hydrogens is 262 g/mol. The number of hydrogen-bond donors (Lipinski definition) is 3. The zero-order valence-corrected chi connectivity index (χ0v) is 11.1. The van der Waals surface area contributed by atoms with Crippen LogP contribution in [0.4, 0.5) is 0 Å². The van der Waals surface area contributed by atoms with Gasteiger partial charge in [-0.1, -0.05) is 11.8 Å². The van der Waals surface area contributed by atoms with Crippen molar-refractivity contribution in [3.63, 3.8) is 0 Å². The van der Waals surface area contributed by atoms with Gasteiger partial charge < -0.3 is 10.4 Å². The monoisotopic (exact) mass is 275 g/mol. The lowest BCUT2D eigenvalue weighted by atomic mass is 10.2. The molecule has 0 aliphatic rings. The van der Waals surface area contributed by atoms with E-state index in [-0.39, 0.29) is 18.6 Å². The van der Waals surface area contributed by atoms with Crippen molar-refractivity contribution in [3.05, 3.63) is 39.8 Å². The Morgan fingerprint density at radius 1 is 1.68 bits per heavy atom. The Kier molecular flexibility index (Phi) is 4.34. The SMILES string of the molecule is CC(NC(=O)c1csc(C#CCO)c1)c1cn[nH]c1. The number of hydrogen-bond acceptors (Lipinski definition) is 4. The van der Waals surface area contributed by atoms with E-state index in [1.807, 2.05) is 6.92 Å². The van der Waals surface area contributed by atoms with Crippen molar-refractivity contribution in [1.29, 1.82) is 0 Å². The molecule has 5 nitrogen and oxygen atoms in total. The molecule has 2 heterocycles. The fourth-order valence-corrected chi connectivity index (χ4v) is 2.26. The summed E-state index contributed by atoms with van der Waals surface area (Å²) in [6, 6.07) is 1.60. The van der Waals surface area contributed by atoms with Crippen LogP contribution in [0, 0.1) is 11.8 Å². The smallest absolute Gasteiger partial charge is 0.252 e. The van der Waals surface area contributed by atoms with E-state index < -0.39 is 0 Å². The molecule has 0 aliphatic carbocycles. The molecule has 3 N–H and O–H groups in total. The van der Waals surface area contributed by atoms with Gasteiger partial charge in [-0.05, 0) is 13.0 Å². The third kappa shape index (κ3) is 3.44. The molecule has 0 bridgehead atoms. The van der Waals surface area contributed by atoms with Gasteiger partial charge in [-0.2, -0.15) is 5.10 Å². The maximum absolute atomic E-state index is 12.0. The third-order valence-electron chi connectivity index (χ3n) is 2.52. The van der Waals surface area contributed by atoms with Crippen molar-refractivity contribution >= 4 is 17.2 Å². The Morgan fingerprint density at radius 3 is 3.21 bits per heavy atom. The number of rotatable bonds is 3. The number of H-pyrrole nitrogens is 1. The van der Waals surface area contributed by atoms with Gasteiger partial charge in [-0.3, -0.25) is 9.89 Å². The van der Waals surface area contributed by atoms with Crippen molar-refractivity contribution in [2.24, 2.45) is 0 Å². The molecule has 0 saturated heterocycles. The summed E-state index contributed by atoms with van der Waals surface area (Å²) in [5.74, 6) is 5.17. The first-order chi connectivity index (χ1) is 9.20. The highest BCUT2D eigenvalue weighted by Crippen LogP contribution is 2.15. The Hall–Kier alpha value is -2.10. The van der Waals surface area contributed by atoms with Crippen LogP contribution in [-0.2, 0) is 0 Å². The molecule has 0 aliphatic heterocycles. The molecule has 98 valence electrons. The van der Waals surface area contributed by atoms with Crippen molar-refractivity contribution in [2.75, 3.05) is 6.61 Å². The first kappa shape index (κ1) is 13.3. The Balaban J connectivity index is 2.02. The van der Waals surface area contributed by atoms with Gasteiger partial charge in [0.1, 0.15) is 6.61 Å². The normalized spacial score (nSPS) is 11.5. The quantitative estimate of drug-likeness (QED) is 0.739. The number of amides is 1. The van der Waals surface area contributed by atoms with E-state index in [0.29, 0.717) is 5.56 Å². The minimum Gasteiger partial charge on any atom is -0.384 e. The maximum atomic E-state index is 12.0. The summed E-state index contributed by atoms with van der Waals surface area (Å²) < 4.78 is 0. The fraction of sp³-hybridized carbons (Fsp3) is 0.231. The topological polar surface area (TPSA) is 78.0 Å². The lowest BCUT2D eigenvalue weighted by Gasteiger charge is -2.10. The average molecular weight is 275 g/mol. The molecule has 1 amide bonds. The number of carbonyl (C=O) groups excluding carboxylic acids is 1. The number of aromatic amines is 1. The van der Waals surface area contributed by atoms with Crippen LogP contribution in [-0.4, -0.2) is 27.8 Å². The predicted molar refractivity (Wildman–Crippen MR) is 72.8 cm³/mol. The van der Waals surface area contributed by atoms with Gasteiger partial charge in [-0.15, -0.1) is 11.3 Å². The van der Waals surface area contributed by atoms with Crippen LogP contribution in [0.1, 0.15) is 33.8 Å². The molecule has 2 aromatic rings. The van der Waals surface area contributed by atoms with Gasteiger partial charge in [-0.25, -0.2) is 0 Å². The van der Waals surface area contributed by atoms with E-state index in [9.17, 15) is 4.79 Å². The minimum absolute atomic E-state index is 0.113. The van der Waals surface area contributed by atoms with Gasteiger partial charge in [0.25, 0.3) is 5.91 Å². The Bertz CT molecular complexity index is 607. The minimum atomic E-state index is -0.184. The largest absolute Gasteiger partial charge is 0.384 e. The van der Waals surface area contributed by atoms with Crippen LogP contribution >= 0.6 is 11.3 Å². The van der Waals surface area contributed by atoms with Gasteiger partial charge >= 0.3 is 0 Å². The van der Waals surface area contributed by atoms with Crippen molar-refractivity contribution in [2.45, 2.75) is 13.0 Å². The second-order valence-electron chi connectivity index (χ2n) is 3.89. The van der Waals surface area contributed by atoms with E-state index in [0.717, 1.165) is 10.4 Å². The van der Waals surface area contributed by atoms with Crippen molar-refractivity contribution < 1.29 is 9.90 Å². The first-order valence-electron chi connectivity index (χ1n) is 5.68. The molecule has 2 rings (SSSR count). The van der Waals surface area contributed by atoms with Crippen molar-refractivity contribution in [1.82, 2.24) is 15.5 Å². The summed E-state index contributed by atoms with van der Waals surface area (Å²) in [5, 5.41) is 19.8. The number of carbonyl (C=O) groups is 1. The maximum Gasteiger partial charge on any atom is 0.252 e. The Labute approximate surface area is 114 Å². The van der Waals surface area contributed by atoms with Crippen LogP contribution < -0.4 is 5.32 Å². The van der Waals surface area contributed by atoms with E-state index >= 15 is 0 Å². The average Bonchev–Trinajstić information content (AvgIpc) is 3.07. The van der Waals surface area contributed by atoms with Gasteiger partial charge in [0.2, 0.25) is 0 Å². The summed E-state index contributed by atoms with van der Waals surface area (Å²) in [6.45, 7) is 1.71. The zero-order chi connectivity index (χ0) is 13.7. The summed E-state index contributed by atoms with van der Waals surface area (Å²) >= 11 is 1.38. The van der Waals surface area contributed by atoms with Gasteiger partial charge in [0.05, 0.1) is 22.7 Å².